The van der Waals surface area contributed by atoms with Crippen LogP contribution in [0.3, 0.4) is 0 Å². The van der Waals surface area contributed by atoms with Gasteiger partial charge in [-0.2, -0.15) is 0 Å². The molecule has 0 bridgehead atoms. The molecule has 2 fully saturated rings. The summed E-state index contributed by atoms with van der Waals surface area (Å²) in [4.78, 5) is 29.3. The molecule has 20 heavy (non-hydrogen) atoms. The van der Waals surface area contributed by atoms with Crippen molar-refractivity contribution in [3.05, 3.63) is 0 Å². The second kappa shape index (κ2) is 6.43. The van der Waals surface area contributed by atoms with Gasteiger partial charge < -0.3 is 14.9 Å². The van der Waals surface area contributed by atoms with Gasteiger partial charge in [-0.15, -0.1) is 0 Å². The maximum atomic E-state index is 12.4. The Bertz CT molecular complexity index is 367. The predicted molar refractivity (Wildman–Crippen MR) is 75.7 cm³/mol. The highest BCUT2D eigenvalue weighted by atomic mass is 16.4. The molecule has 2 amide bonds. The van der Waals surface area contributed by atoms with E-state index in [4.69, 9.17) is 5.11 Å². The van der Waals surface area contributed by atoms with Crippen molar-refractivity contribution in [3.63, 3.8) is 0 Å². The largest absolute Gasteiger partial charge is 0.480 e. The maximum Gasteiger partial charge on any atom is 0.326 e. The Morgan fingerprint density at radius 2 is 1.85 bits per heavy atom. The Balaban J connectivity index is 1.90. The van der Waals surface area contributed by atoms with Crippen molar-refractivity contribution in [3.8, 4) is 0 Å². The van der Waals surface area contributed by atoms with Crippen LogP contribution in [-0.2, 0) is 4.79 Å². The minimum Gasteiger partial charge on any atom is -0.480 e. The predicted octanol–water partition coefficient (Wildman–Crippen LogP) is 1.07. The normalized spacial score (nSPS) is 25.8. The zero-order valence-corrected chi connectivity index (χ0v) is 12.4. The van der Waals surface area contributed by atoms with Gasteiger partial charge in [0.2, 0.25) is 0 Å². The van der Waals surface area contributed by atoms with Crippen LogP contribution in [0.4, 0.5) is 4.79 Å². The summed E-state index contributed by atoms with van der Waals surface area (Å²) < 4.78 is 0. The minimum atomic E-state index is -0.880. The molecule has 2 atom stereocenters. The van der Waals surface area contributed by atoms with Crippen LogP contribution < -0.4 is 0 Å². The van der Waals surface area contributed by atoms with E-state index >= 15 is 0 Å². The van der Waals surface area contributed by atoms with E-state index in [1.54, 1.807) is 4.90 Å². The number of urea groups is 1. The molecule has 2 rings (SSSR count). The van der Waals surface area contributed by atoms with Crippen molar-refractivity contribution in [1.82, 2.24) is 14.7 Å². The molecule has 0 aromatic rings. The fourth-order valence-electron chi connectivity index (χ4n) is 3.05. The number of hydrogen-bond donors (Lipinski definition) is 1. The van der Waals surface area contributed by atoms with Crippen molar-refractivity contribution in [2.75, 3.05) is 32.7 Å². The van der Waals surface area contributed by atoms with E-state index in [1.807, 2.05) is 0 Å². The molecule has 0 spiro atoms. The van der Waals surface area contributed by atoms with Crippen molar-refractivity contribution in [1.29, 1.82) is 0 Å². The highest BCUT2D eigenvalue weighted by molar-refractivity contribution is 5.83. The lowest BCUT2D eigenvalue weighted by Crippen LogP contribution is -2.55. The van der Waals surface area contributed by atoms with Gasteiger partial charge in [0.1, 0.15) is 6.04 Å². The van der Waals surface area contributed by atoms with E-state index in [2.05, 4.69) is 18.7 Å². The Morgan fingerprint density at radius 1 is 1.20 bits per heavy atom. The third kappa shape index (κ3) is 3.06. The van der Waals surface area contributed by atoms with Crippen molar-refractivity contribution in [2.45, 2.75) is 45.2 Å². The van der Waals surface area contributed by atoms with Gasteiger partial charge in [-0.1, -0.05) is 6.92 Å². The summed E-state index contributed by atoms with van der Waals surface area (Å²) in [5, 5.41) is 9.16. The number of carbonyl (C=O) groups excluding carboxylic acids is 1. The molecule has 2 aliphatic rings. The molecule has 114 valence electrons. The van der Waals surface area contributed by atoms with Gasteiger partial charge in [-0.05, 0) is 26.2 Å². The molecule has 0 aromatic heterocycles. The van der Waals surface area contributed by atoms with Gasteiger partial charge in [0.05, 0.1) is 0 Å². The molecule has 0 aromatic carbocycles. The molecule has 2 heterocycles. The molecule has 0 saturated carbocycles. The molecule has 0 radical (unpaired) electrons. The first-order valence-corrected chi connectivity index (χ1v) is 7.57. The zero-order chi connectivity index (χ0) is 14.7. The van der Waals surface area contributed by atoms with E-state index in [0.717, 1.165) is 25.9 Å². The fraction of sp³-hybridized carbons (Fsp3) is 0.857. The number of amides is 2. The number of carboxylic acid groups (broad SMARTS) is 1. The summed E-state index contributed by atoms with van der Waals surface area (Å²) in [5.74, 6) is -0.880. The van der Waals surface area contributed by atoms with E-state index < -0.39 is 12.0 Å². The number of nitrogens with zero attached hydrogens (tertiary/aromatic N) is 3. The van der Waals surface area contributed by atoms with Crippen LogP contribution in [0.2, 0.25) is 0 Å². The molecule has 6 nitrogen and oxygen atoms in total. The standard InChI is InChI=1S/C14H25N3O3/c1-3-11(2)15-7-9-16(10-8-15)14(20)17-6-4-5-12(17)13(18)19/h11-12H,3-10H2,1-2H3,(H,18,19)/t11?,12-/m1/s1. The third-order valence-corrected chi connectivity index (χ3v) is 4.58. The van der Waals surface area contributed by atoms with Gasteiger partial charge in [0.25, 0.3) is 0 Å². The van der Waals surface area contributed by atoms with Crippen LogP contribution in [-0.4, -0.2) is 76.6 Å². The molecule has 0 aliphatic carbocycles. The number of hydrogen-bond acceptors (Lipinski definition) is 3. The number of rotatable bonds is 3. The second-order valence-electron chi connectivity index (χ2n) is 5.75. The van der Waals surface area contributed by atoms with Crippen LogP contribution in [0.25, 0.3) is 0 Å². The second-order valence-corrected chi connectivity index (χ2v) is 5.75. The zero-order valence-electron chi connectivity index (χ0n) is 12.4. The van der Waals surface area contributed by atoms with Crippen molar-refractivity contribution < 1.29 is 14.7 Å². The first-order chi connectivity index (χ1) is 9.54. The van der Waals surface area contributed by atoms with E-state index in [9.17, 15) is 9.59 Å². The Morgan fingerprint density at radius 3 is 2.40 bits per heavy atom. The lowest BCUT2D eigenvalue weighted by atomic mass is 10.2. The Kier molecular flexibility index (Phi) is 4.86. The minimum absolute atomic E-state index is 0.0984. The van der Waals surface area contributed by atoms with Crippen LogP contribution in [0.5, 0.6) is 0 Å². The lowest BCUT2D eigenvalue weighted by Gasteiger charge is -2.39. The SMILES string of the molecule is CCC(C)N1CCN(C(=O)N2CCC[C@@H]2C(=O)O)CC1. The van der Waals surface area contributed by atoms with Gasteiger partial charge >= 0.3 is 12.0 Å². The Hall–Kier alpha value is -1.30. The highest BCUT2D eigenvalue weighted by Crippen LogP contribution is 2.20. The summed E-state index contributed by atoms with van der Waals surface area (Å²) in [6.45, 7) is 8.11. The molecular formula is C14H25N3O3. The lowest BCUT2D eigenvalue weighted by molar-refractivity contribution is -0.141. The number of carbonyl (C=O) groups is 2. The molecule has 1 N–H and O–H groups in total. The fourth-order valence-corrected chi connectivity index (χ4v) is 3.05. The quantitative estimate of drug-likeness (QED) is 0.841. The summed E-state index contributed by atoms with van der Waals surface area (Å²) in [6.07, 6.45) is 2.48. The first-order valence-electron chi connectivity index (χ1n) is 7.57. The van der Waals surface area contributed by atoms with Gasteiger partial charge in [-0.25, -0.2) is 9.59 Å². The molecule has 6 heteroatoms. The summed E-state index contributed by atoms with van der Waals surface area (Å²) in [7, 11) is 0. The van der Waals surface area contributed by atoms with Gasteiger partial charge in [-0.3, -0.25) is 4.90 Å². The smallest absolute Gasteiger partial charge is 0.326 e. The van der Waals surface area contributed by atoms with Gasteiger partial charge in [0, 0.05) is 38.8 Å². The average Bonchev–Trinajstić information content (AvgIpc) is 2.95. The number of aliphatic carboxylic acids is 1. The van der Waals surface area contributed by atoms with Gasteiger partial charge in [0.15, 0.2) is 0 Å². The van der Waals surface area contributed by atoms with Crippen LogP contribution in [0.15, 0.2) is 0 Å². The van der Waals surface area contributed by atoms with Crippen molar-refractivity contribution in [2.24, 2.45) is 0 Å². The van der Waals surface area contributed by atoms with Crippen LogP contribution in [0.1, 0.15) is 33.1 Å². The van der Waals surface area contributed by atoms with Crippen molar-refractivity contribution >= 4 is 12.0 Å². The van der Waals surface area contributed by atoms with Crippen LogP contribution >= 0.6 is 0 Å². The van der Waals surface area contributed by atoms with E-state index in [-0.39, 0.29) is 6.03 Å². The molecule has 2 saturated heterocycles. The average molecular weight is 283 g/mol. The van der Waals surface area contributed by atoms with E-state index in [0.29, 0.717) is 32.1 Å². The maximum absolute atomic E-state index is 12.4. The van der Waals surface area contributed by atoms with Crippen LogP contribution in [0, 0.1) is 0 Å². The summed E-state index contributed by atoms with van der Waals surface area (Å²) in [6, 6.07) is -0.181. The monoisotopic (exact) mass is 283 g/mol. The third-order valence-electron chi connectivity index (χ3n) is 4.58. The number of carboxylic acids is 1. The first kappa shape index (κ1) is 15.1. The molecule has 1 unspecified atom stereocenters. The topological polar surface area (TPSA) is 64.1 Å². The number of likely N-dealkylation sites (tertiary alicyclic amines) is 1. The molecule has 2 aliphatic heterocycles. The Labute approximate surface area is 120 Å². The summed E-state index contributed by atoms with van der Waals surface area (Å²) in [5.41, 5.74) is 0. The van der Waals surface area contributed by atoms with E-state index in [1.165, 1.54) is 4.90 Å². The summed E-state index contributed by atoms with van der Waals surface area (Å²) >= 11 is 0. The molecular weight excluding hydrogens is 258 g/mol. The number of piperazine rings is 1. The highest BCUT2D eigenvalue weighted by Gasteiger charge is 2.37.